The lowest BCUT2D eigenvalue weighted by Crippen LogP contribution is -1.78. The van der Waals surface area contributed by atoms with Gasteiger partial charge in [0, 0.05) is 17.8 Å². The summed E-state index contributed by atoms with van der Waals surface area (Å²) in [5.41, 5.74) is 4.85. The first kappa shape index (κ1) is 15.0. The zero-order valence-corrected chi connectivity index (χ0v) is 13.5. The highest BCUT2D eigenvalue weighted by atomic mass is 15.1. The maximum Gasteiger partial charge on any atom is 0.0928 e. The Bertz CT molecular complexity index is 1030. The quantitative estimate of drug-likeness (QED) is 0.592. The zero-order valence-electron chi connectivity index (χ0n) is 13.5. The van der Waals surface area contributed by atoms with Gasteiger partial charge in [0.1, 0.15) is 0 Å². The molecule has 4 nitrogen and oxygen atoms in total. The van der Waals surface area contributed by atoms with Crippen LogP contribution in [0.4, 0.5) is 0 Å². The number of hydrogen-bond acceptors (Lipinski definition) is 3. The van der Waals surface area contributed by atoms with E-state index in [1.54, 1.807) is 12.4 Å². The second-order valence-electron chi connectivity index (χ2n) is 5.59. The van der Waals surface area contributed by atoms with Crippen molar-refractivity contribution < 1.29 is 0 Å². The summed E-state index contributed by atoms with van der Waals surface area (Å²) in [6.07, 6.45) is 11.6. The zero-order chi connectivity index (χ0) is 16.9. The van der Waals surface area contributed by atoms with Crippen molar-refractivity contribution in [3.8, 4) is 0 Å². The van der Waals surface area contributed by atoms with Crippen LogP contribution in [0.5, 0.6) is 0 Å². The van der Waals surface area contributed by atoms with E-state index >= 15 is 0 Å². The van der Waals surface area contributed by atoms with Crippen LogP contribution >= 0.6 is 0 Å². The van der Waals surface area contributed by atoms with Crippen molar-refractivity contribution in [2.24, 2.45) is 0 Å². The molecule has 4 heteroatoms. The number of nitrogens with one attached hydrogen (secondary N) is 1. The first-order valence-corrected chi connectivity index (χ1v) is 8.05. The molecule has 4 rings (SSSR count). The third kappa shape index (κ3) is 3.53. The fourth-order valence-corrected chi connectivity index (χ4v) is 2.58. The largest absolute Gasteiger partial charge is 0.277 e. The molecule has 0 bridgehead atoms. The van der Waals surface area contributed by atoms with Crippen molar-refractivity contribution >= 4 is 35.2 Å². The normalized spacial score (nSPS) is 11.7. The van der Waals surface area contributed by atoms with Gasteiger partial charge in [0.15, 0.2) is 0 Å². The summed E-state index contributed by atoms with van der Waals surface area (Å²) in [5, 5.41) is 8.57. The topological polar surface area (TPSA) is 54.5 Å². The molecule has 1 N–H and O–H groups in total. The van der Waals surface area contributed by atoms with E-state index in [4.69, 9.17) is 0 Å². The molecule has 0 fully saturated rings. The molecule has 0 aliphatic carbocycles. The van der Waals surface area contributed by atoms with E-state index in [-0.39, 0.29) is 0 Å². The SMILES string of the molecule is C(=C\c1ccccn1)/c1ccc2c(/C=C/c3ccccn3)n[nH]c2c1. The van der Waals surface area contributed by atoms with Crippen LogP contribution in [-0.2, 0) is 0 Å². The van der Waals surface area contributed by atoms with Gasteiger partial charge in [-0.25, -0.2) is 0 Å². The molecule has 1 aromatic carbocycles. The highest BCUT2D eigenvalue weighted by molar-refractivity contribution is 5.90. The van der Waals surface area contributed by atoms with E-state index in [0.29, 0.717) is 0 Å². The van der Waals surface area contributed by atoms with E-state index in [1.807, 2.05) is 60.7 Å². The fraction of sp³-hybridized carbons (Fsp3) is 0. The smallest absolute Gasteiger partial charge is 0.0928 e. The predicted molar refractivity (Wildman–Crippen MR) is 102 cm³/mol. The van der Waals surface area contributed by atoms with Gasteiger partial charge in [-0.05, 0) is 60.2 Å². The van der Waals surface area contributed by atoms with Crippen LogP contribution in [0.15, 0.2) is 67.0 Å². The van der Waals surface area contributed by atoms with Gasteiger partial charge < -0.3 is 0 Å². The van der Waals surface area contributed by atoms with E-state index in [1.165, 1.54) is 0 Å². The van der Waals surface area contributed by atoms with Crippen molar-refractivity contribution in [3.63, 3.8) is 0 Å². The van der Waals surface area contributed by atoms with Gasteiger partial charge in [-0.15, -0.1) is 0 Å². The monoisotopic (exact) mass is 324 g/mol. The number of pyridine rings is 2. The predicted octanol–water partition coefficient (Wildman–Crippen LogP) is 4.69. The lowest BCUT2D eigenvalue weighted by atomic mass is 10.1. The minimum atomic E-state index is 0.904. The molecule has 0 amide bonds. The lowest BCUT2D eigenvalue weighted by molar-refractivity contribution is 1.11. The third-order valence-corrected chi connectivity index (χ3v) is 3.85. The van der Waals surface area contributed by atoms with Gasteiger partial charge in [-0.3, -0.25) is 15.1 Å². The van der Waals surface area contributed by atoms with Gasteiger partial charge in [-0.2, -0.15) is 5.10 Å². The number of aromatic nitrogens is 4. The number of H-pyrrole nitrogens is 1. The van der Waals surface area contributed by atoms with Crippen LogP contribution in [0.2, 0.25) is 0 Å². The molecule has 120 valence electrons. The Labute approximate surface area is 145 Å². The number of aromatic amines is 1. The molecule has 0 aliphatic rings. The van der Waals surface area contributed by atoms with Crippen molar-refractivity contribution in [2.75, 3.05) is 0 Å². The van der Waals surface area contributed by atoms with Gasteiger partial charge in [0.05, 0.1) is 22.6 Å². The maximum absolute atomic E-state index is 4.39. The first-order valence-electron chi connectivity index (χ1n) is 8.05. The Balaban J connectivity index is 1.59. The molecule has 25 heavy (non-hydrogen) atoms. The Morgan fingerprint density at radius 1 is 0.720 bits per heavy atom. The third-order valence-electron chi connectivity index (χ3n) is 3.85. The van der Waals surface area contributed by atoms with Crippen LogP contribution in [0, 0.1) is 0 Å². The summed E-state index contributed by atoms with van der Waals surface area (Å²) in [6.45, 7) is 0. The Kier molecular flexibility index (Phi) is 4.16. The van der Waals surface area contributed by atoms with Crippen molar-refractivity contribution in [1.82, 2.24) is 20.2 Å². The highest BCUT2D eigenvalue weighted by Gasteiger charge is 2.03. The lowest BCUT2D eigenvalue weighted by Gasteiger charge is -1.96. The van der Waals surface area contributed by atoms with Crippen molar-refractivity contribution in [3.05, 3.63) is 89.6 Å². The molecule has 4 aromatic rings. The highest BCUT2D eigenvalue weighted by Crippen LogP contribution is 2.20. The molecular formula is C21H16N4. The van der Waals surface area contributed by atoms with Crippen LogP contribution in [-0.4, -0.2) is 20.2 Å². The van der Waals surface area contributed by atoms with E-state index in [0.717, 1.165) is 33.5 Å². The average molecular weight is 324 g/mol. The summed E-state index contributed by atoms with van der Waals surface area (Å²) < 4.78 is 0. The summed E-state index contributed by atoms with van der Waals surface area (Å²) in [5.74, 6) is 0. The molecule has 0 atom stereocenters. The maximum atomic E-state index is 4.39. The van der Waals surface area contributed by atoms with Crippen LogP contribution in [0.1, 0.15) is 22.6 Å². The first-order chi connectivity index (χ1) is 12.4. The van der Waals surface area contributed by atoms with Crippen LogP contribution in [0.3, 0.4) is 0 Å². The summed E-state index contributed by atoms with van der Waals surface area (Å²) in [7, 11) is 0. The molecule has 0 spiro atoms. The molecule has 0 unspecified atom stereocenters. The van der Waals surface area contributed by atoms with E-state index in [2.05, 4.69) is 38.4 Å². The number of fused-ring (bicyclic) bond motifs is 1. The molecule has 3 aromatic heterocycles. The molecular weight excluding hydrogens is 308 g/mol. The number of rotatable bonds is 4. The summed E-state index contributed by atoms with van der Waals surface area (Å²) >= 11 is 0. The average Bonchev–Trinajstić information content (AvgIpc) is 3.09. The summed E-state index contributed by atoms with van der Waals surface area (Å²) in [6, 6.07) is 17.9. The molecule has 0 saturated carbocycles. The van der Waals surface area contributed by atoms with Gasteiger partial charge in [-0.1, -0.05) is 24.3 Å². The Hall–Kier alpha value is -3.53. The van der Waals surface area contributed by atoms with E-state index < -0.39 is 0 Å². The number of benzene rings is 1. The van der Waals surface area contributed by atoms with Gasteiger partial charge >= 0.3 is 0 Å². The molecule has 3 heterocycles. The Morgan fingerprint density at radius 3 is 2.12 bits per heavy atom. The van der Waals surface area contributed by atoms with Crippen molar-refractivity contribution in [1.29, 1.82) is 0 Å². The summed E-state index contributed by atoms with van der Waals surface area (Å²) in [4.78, 5) is 8.58. The van der Waals surface area contributed by atoms with Gasteiger partial charge in [0.25, 0.3) is 0 Å². The molecule has 0 radical (unpaired) electrons. The number of nitrogens with zero attached hydrogens (tertiary/aromatic N) is 3. The van der Waals surface area contributed by atoms with Gasteiger partial charge in [0.2, 0.25) is 0 Å². The van der Waals surface area contributed by atoms with Crippen molar-refractivity contribution in [2.45, 2.75) is 0 Å². The fourth-order valence-electron chi connectivity index (χ4n) is 2.58. The molecule has 0 aliphatic heterocycles. The standard InChI is InChI=1S/C21H16N4/c1-3-13-22-17(5-1)9-7-16-8-11-19-20(24-25-21(19)15-16)12-10-18-6-2-4-14-23-18/h1-15H,(H,24,25)/b9-7+,12-10+. The Morgan fingerprint density at radius 2 is 1.44 bits per heavy atom. The second-order valence-corrected chi connectivity index (χ2v) is 5.59. The van der Waals surface area contributed by atoms with Crippen LogP contribution in [0.25, 0.3) is 35.2 Å². The van der Waals surface area contributed by atoms with E-state index in [9.17, 15) is 0 Å². The molecule has 0 saturated heterocycles. The minimum absolute atomic E-state index is 0.904. The second kappa shape index (κ2) is 6.93. The van der Waals surface area contributed by atoms with Crippen LogP contribution < -0.4 is 0 Å². The minimum Gasteiger partial charge on any atom is -0.277 e. The number of hydrogen-bond donors (Lipinski definition) is 1.